The van der Waals surface area contributed by atoms with Crippen LogP contribution in [0.3, 0.4) is 0 Å². The minimum Gasteiger partial charge on any atom is -0.385 e. The van der Waals surface area contributed by atoms with Crippen molar-refractivity contribution >= 4 is 0 Å². The summed E-state index contributed by atoms with van der Waals surface area (Å²) in [6.45, 7) is 10.7. The van der Waals surface area contributed by atoms with Gasteiger partial charge in [0.15, 0.2) is 0 Å². The first-order chi connectivity index (χ1) is 6.18. The van der Waals surface area contributed by atoms with Gasteiger partial charge in [0.25, 0.3) is 0 Å². The summed E-state index contributed by atoms with van der Waals surface area (Å²) in [5.41, 5.74) is 0.335. The highest BCUT2D eigenvalue weighted by molar-refractivity contribution is 4.88. The van der Waals surface area contributed by atoms with Gasteiger partial charge in [0, 0.05) is 13.7 Å². The van der Waals surface area contributed by atoms with E-state index in [1.54, 1.807) is 7.11 Å². The topological polar surface area (TPSA) is 9.23 Å². The van der Waals surface area contributed by atoms with Crippen LogP contribution in [0, 0.1) is 5.41 Å². The van der Waals surface area contributed by atoms with E-state index >= 15 is 0 Å². The molecule has 0 aromatic carbocycles. The molecule has 1 nitrogen and oxygen atoms in total. The third-order valence-corrected chi connectivity index (χ3v) is 2.40. The Balaban J connectivity index is 3.90. The molecule has 0 bridgehead atoms. The van der Waals surface area contributed by atoms with E-state index in [9.17, 15) is 0 Å². The van der Waals surface area contributed by atoms with Gasteiger partial charge in [0.1, 0.15) is 0 Å². The van der Waals surface area contributed by atoms with E-state index in [4.69, 9.17) is 4.74 Å². The molecule has 0 spiro atoms. The molecule has 0 saturated carbocycles. The summed E-state index contributed by atoms with van der Waals surface area (Å²) in [6, 6.07) is 0. The third-order valence-electron chi connectivity index (χ3n) is 2.40. The highest BCUT2D eigenvalue weighted by atomic mass is 16.5. The SMILES string of the molecule is C=CCC(C)(CC=C)CCCOC. The Labute approximate surface area is 82.5 Å². The molecule has 0 N–H and O–H groups in total. The predicted octanol–water partition coefficient (Wildman–Crippen LogP) is 3.57. The van der Waals surface area contributed by atoms with Gasteiger partial charge in [-0.3, -0.25) is 0 Å². The summed E-state index contributed by atoms with van der Waals surface area (Å²) >= 11 is 0. The van der Waals surface area contributed by atoms with Gasteiger partial charge in [-0.25, -0.2) is 0 Å². The van der Waals surface area contributed by atoms with Gasteiger partial charge in [-0.05, 0) is 31.1 Å². The van der Waals surface area contributed by atoms with Gasteiger partial charge in [-0.1, -0.05) is 19.1 Å². The Morgan fingerprint density at radius 2 is 1.77 bits per heavy atom. The lowest BCUT2D eigenvalue weighted by Gasteiger charge is -2.26. The highest BCUT2D eigenvalue weighted by Gasteiger charge is 2.20. The molecule has 0 aliphatic heterocycles. The second kappa shape index (κ2) is 6.90. The molecule has 0 unspecified atom stereocenters. The molecule has 1 heteroatoms. The van der Waals surface area contributed by atoms with Crippen molar-refractivity contribution in [3.8, 4) is 0 Å². The number of methoxy groups -OCH3 is 1. The molecule has 13 heavy (non-hydrogen) atoms. The molecule has 0 saturated heterocycles. The standard InChI is InChI=1S/C12H22O/c1-5-8-12(3,9-6-2)10-7-11-13-4/h5-6H,1-2,7-11H2,3-4H3. The van der Waals surface area contributed by atoms with Crippen LogP contribution in [0.25, 0.3) is 0 Å². The number of allylic oxidation sites excluding steroid dienone is 2. The van der Waals surface area contributed by atoms with Crippen molar-refractivity contribution in [2.24, 2.45) is 5.41 Å². The smallest absolute Gasteiger partial charge is 0.0462 e. The number of hydrogen-bond donors (Lipinski definition) is 0. The summed E-state index contributed by atoms with van der Waals surface area (Å²) in [5, 5.41) is 0. The molecule has 0 atom stereocenters. The van der Waals surface area contributed by atoms with E-state index in [0.29, 0.717) is 5.41 Å². The summed E-state index contributed by atoms with van der Waals surface area (Å²) in [5.74, 6) is 0. The van der Waals surface area contributed by atoms with Crippen LogP contribution in [0.2, 0.25) is 0 Å². The Bertz CT molecular complexity index is 139. The second-order valence-corrected chi connectivity index (χ2v) is 3.89. The molecule has 0 amide bonds. The van der Waals surface area contributed by atoms with Crippen LogP contribution in [0.15, 0.2) is 25.3 Å². The first-order valence-electron chi connectivity index (χ1n) is 4.89. The molecule has 0 aliphatic rings. The van der Waals surface area contributed by atoms with Crippen molar-refractivity contribution in [1.29, 1.82) is 0 Å². The molecule has 0 aromatic heterocycles. The lowest BCUT2D eigenvalue weighted by Crippen LogP contribution is -2.15. The van der Waals surface area contributed by atoms with E-state index in [2.05, 4.69) is 20.1 Å². The molecule has 0 heterocycles. The van der Waals surface area contributed by atoms with E-state index in [0.717, 1.165) is 25.9 Å². The van der Waals surface area contributed by atoms with Crippen molar-refractivity contribution in [3.05, 3.63) is 25.3 Å². The lowest BCUT2D eigenvalue weighted by atomic mass is 9.79. The summed E-state index contributed by atoms with van der Waals surface area (Å²) < 4.78 is 5.04. The Morgan fingerprint density at radius 3 is 2.15 bits per heavy atom. The fraction of sp³-hybridized carbons (Fsp3) is 0.667. The van der Waals surface area contributed by atoms with Crippen LogP contribution in [0.5, 0.6) is 0 Å². The van der Waals surface area contributed by atoms with E-state index < -0.39 is 0 Å². The number of ether oxygens (including phenoxy) is 1. The van der Waals surface area contributed by atoms with Crippen LogP contribution in [0.4, 0.5) is 0 Å². The Kier molecular flexibility index (Phi) is 6.61. The van der Waals surface area contributed by atoms with Crippen LogP contribution < -0.4 is 0 Å². The monoisotopic (exact) mass is 182 g/mol. The summed E-state index contributed by atoms with van der Waals surface area (Å²) in [4.78, 5) is 0. The minimum atomic E-state index is 0.335. The third kappa shape index (κ3) is 5.64. The van der Waals surface area contributed by atoms with Gasteiger partial charge >= 0.3 is 0 Å². The zero-order valence-corrected chi connectivity index (χ0v) is 9.01. The van der Waals surface area contributed by atoms with Crippen molar-refractivity contribution in [2.45, 2.75) is 32.6 Å². The van der Waals surface area contributed by atoms with E-state index in [-0.39, 0.29) is 0 Å². The maximum atomic E-state index is 5.04. The predicted molar refractivity (Wildman–Crippen MR) is 58.8 cm³/mol. The average molecular weight is 182 g/mol. The van der Waals surface area contributed by atoms with Crippen LogP contribution in [-0.4, -0.2) is 13.7 Å². The van der Waals surface area contributed by atoms with Gasteiger partial charge < -0.3 is 4.74 Å². The maximum Gasteiger partial charge on any atom is 0.0462 e. The molecule has 0 radical (unpaired) electrons. The molecular formula is C12H22O. The molecular weight excluding hydrogens is 160 g/mol. The van der Waals surface area contributed by atoms with Crippen molar-refractivity contribution < 1.29 is 4.74 Å². The normalized spacial score (nSPS) is 11.2. The van der Waals surface area contributed by atoms with Crippen molar-refractivity contribution in [3.63, 3.8) is 0 Å². The van der Waals surface area contributed by atoms with Gasteiger partial charge in [-0.2, -0.15) is 0 Å². The van der Waals surface area contributed by atoms with Gasteiger partial charge in [-0.15, -0.1) is 13.2 Å². The van der Waals surface area contributed by atoms with Crippen LogP contribution in [-0.2, 0) is 4.74 Å². The number of rotatable bonds is 8. The van der Waals surface area contributed by atoms with Crippen LogP contribution >= 0.6 is 0 Å². The largest absolute Gasteiger partial charge is 0.385 e. The fourth-order valence-corrected chi connectivity index (χ4v) is 1.63. The van der Waals surface area contributed by atoms with Crippen LogP contribution in [0.1, 0.15) is 32.6 Å². The van der Waals surface area contributed by atoms with Gasteiger partial charge in [0.05, 0.1) is 0 Å². The molecule has 0 rings (SSSR count). The minimum absolute atomic E-state index is 0.335. The van der Waals surface area contributed by atoms with E-state index in [1.807, 2.05) is 12.2 Å². The van der Waals surface area contributed by atoms with Crippen molar-refractivity contribution in [1.82, 2.24) is 0 Å². The van der Waals surface area contributed by atoms with E-state index in [1.165, 1.54) is 6.42 Å². The summed E-state index contributed by atoms with van der Waals surface area (Å²) in [6.07, 6.45) is 8.41. The quantitative estimate of drug-likeness (QED) is 0.412. The maximum absolute atomic E-state index is 5.04. The molecule has 0 aliphatic carbocycles. The molecule has 0 fully saturated rings. The average Bonchev–Trinajstić information content (AvgIpc) is 2.05. The second-order valence-electron chi connectivity index (χ2n) is 3.89. The first kappa shape index (κ1) is 12.4. The Hall–Kier alpha value is -0.560. The number of hydrogen-bond acceptors (Lipinski definition) is 1. The lowest BCUT2D eigenvalue weighted by molar-refractivity contribution is 0.171. The summed E-state index contributed by atoms with van der Waals surface area (Å²) in [7, 11) is 1.75. The Morgan fingerprint density at radius 1 is 1.23 bits per heavy atom. The molecule has 0 aromatic rings. The highest BCUT2D eigenvalue weighted by Crippen LogP contribution is 2.32. The fourth-order valence-electron chi connectivity index (χ4n) is 1.63. The van der Waals surface area contributed by atoms with Gasteiger partial charge in [0.2, 0.25) is 0 Å². The van der Waals surface area contributed by atoms with Crippen molar-refractivity contribution in [2.75, 3.05) is 13.7 Å². The zero-order valence-electron chi connectivity index (χ0n) is 9.01. The molecule has 76 valence electrons. The first-order valence-corrected chi connectivity index (χ1v) is 4.89. The zero-order chi connectivity index (χ0) is 10.2.